The number of carbonyl (C=O) groups excluding carboxylic acids is 2. The monoisotopic (exact) mass is 464 g/mol. The number of ether oxygens (including phenoxy) is 1. The molecule has 2 aromatic heterocycles. The van der Waals surface area contributed by atoms with Crippen LogP contribution in [-0.2, 0) is 12.5 Å². The van der Waals surface area contributed by atoms with E-state index in [1.165, 1.54) is 0 Å². The van der Waals surface area contributed by atoms with Crippen LogP contribution in [0.3, 0.4) is 0 Å². The summed E-state index contributed by atoms with van der Waals surface area (Å²) in [6.07, 6.45) is 5.09. The summed E-state index contributed by atoms with van der Waals surface area (Å²) in [6.45, 7) is 7.57. The number of nitrogens with zero attached hydrogens (tertiary/aromatic N) is 3. The van der Waals surface area contributed by atoms with Crippen molar-refractivity contribution in [2.24, 2.45) is 7.05 Å². The van der Waals surface area contributed by atoms with E-state index in [1.54, 1.807) is 30.2 Å². The highest BCUT2D eigenvalue weighted by Crippen LogP contribution is 2.24. The highest BCUT2D eigenvalue weighted by molar-refractivity contribution is 5.99. The molecule has 0 radical (unpaired) electrons. The first kappa shape index (κ1) is 23.4. The van der Waals surface area contributed by atoms with Crippen molar-refractivity contribution < 1.29 is 14.3 Å². The van der Waals surface area contributed by atoms with Gasteiger partial charge in [-0.15, -0.1) is 0 Å². The first-order valence-electron chi connectivity index (χ1n) is 11.5. The third-order valence-electron chi connectivity index (χ3n) is 5.88. The summed E-state index contributed by atoms with van der Waals surface area (Å²) < 4.78 is 7.76. The number of amides is 3. The van der Waals surface area contributed by atoms with Gasteiger partial charge in [-0.3, -0.25) is 14.8 Å². The lowest BCUT2D eigenvalue weighted by Gasteiger charge is -2.32. The van der Waals surface area contributed by atoms with Gasteiger partial charge in [-0.05, 0) is 30.3 Å². The van der Waals surface area contributed by atoms with Gasteiger partial charge >= 0.3 is 6.03 Å². The highest BCUT2D eigenvalue weighted by atomic mass is 16.5. The minimum atomic E-state index is -0.336. The topological polar surface area (TPSA) is 104 Å². The highest BCUT2D eigenvalue weighted by Gasteiger charge is 2.25. The van der Waals surface area contributed by atoms with E-state index in [2.05, 4.69) is 41.5 Å². The number of H-pyrrole nitrogens is 1. The molecule has 1 fully saturated rings. The Labute approximate surface area is 199 Å². The van der Waals surface area contributed by atoms with Crippen molar-refractivity contribution in [3.63, 3.8) is 0 Å². The number of aryl methyl sites for hydroxylation is 1. The molecule has 1 aromatic carbocycles. The second-order valence-corrected chi connectivity index (χ2v) is 9.60. The Morgan fingerprint density at radius 2 is 1.79 bits per heavy atom. The summed E-state index contributed by atoms with van der Waals surface area (Å²) in [5.41, 5.74) is 2.16. The molecule has 0 atom stereocenters. The fraction of sp³-hybridized carbons (Fsp3) is 0.400. The van der Waals surface area contributed by atoms with Gasteiger partial charge in [0, 0.05) is 62.5 Å². The average Bonchev–Trinajstić information content (AvgIpc) is 3.46. The van der Waals surface area contributed by atoms with Crippen LogP contribution in [0.5, 0.6) is 5.75 Å². The lowest BCUT2D eigenvalue weighted by molar-refractivity contribution is 0.0595. The molecule has 0 aliphatic carbocycles. The molecule has 3 aromatic rings. The second kappa shape index (κ2) is 9.62. The summed E-state index contributed by atoms with van der Waals surface area (Å²) in [6, 6.07) is 10.6. The fourth-order valence-electron chi connectivity index (χ4n) is 3.85. The standard InChI is InChI=1S/C25H32N6O3/c1-25(2,3)21-15-22(30(4)29-21)28-24(33)27-18-5-7-19(8-6-18)34-20-10-13-31(14-11-20)23(32)17-9-12-26-16-17/h5-9,12,15-16,20,26H,10-11,13-14H2,1-4H3,(H2,27,28,33). The van der Waals surface area contributed by atoms with Crippen LogP contribution < -0.4 is 15.4 Å². The van der Waals surface area contributed by atoms with Gasteiger partial charge in [0.15, 0.2) is 0 Å². The molecule has 0 unspecified atom stereocenters. The van der Waals surface area contributed by atoms with Crippen molar-refractivity contribution in [1.82, 2.24) is 19.7 Å². The average molecular weight is 465 g/mol. The zero-order valence-corrected chi connectivity index (χ0v) is 20.1. The Balaban J connectivity index is 1.25. The molecular weight excluding hydrogens is 432 g/mol. The van der Waals surface area contributed by atoms with E-state index in [4.69, 9.17) is 4.74 Å². The third-order valence-corrected chi connectivity index (χ3v) is 5.88. The Hall–Kier alpha value is -3.75. The van der Waals surface area contributed by atoms with E-state index in [-0.39, 0.29) is 23.5 Å². The Kier molecular flexibility index (Phi) is 6.63. The van der Waals surface area contributed by atoms with E-state index < -0.39 is 0 Å². The lowest BCUT2D eigenvalue weighted by atomic mass is 9.92. The number of benzene rings is 1. The third kappa shape index (κ3) is 5.59. The number of hydrogen-bond acceptors (Lipinski definition) is 4. The van der Waals surface area contributed by atoms with Crippen LogP contribution in [0.25, 0.3) is 0 Å². The maximum absolute atomic E-state index is 12.5. The Morgan fingerprint density at radius 3 is 2.38 bits per heavy atom. The molecule has 1 aliphatic rings. The summed E-state index contributed by atoms with van der Waals surface area (Å²) in [7, 11) is 1.80. The smallest absolute Gasteiger partial charge is 0.324 e. The first-order valence-corrected chi connectivity index (χ1v) is 11.5. The van der Waals surface area contributed by atoms with Gasteiger partial charge in [0.1, 0.15) is 17.7 Å². The van der Waals surface area contributed by atoms with Crippen LogP contribution in [0, 0.1) is 0 Å². The minimum absolute atomic E-state index is 0.0501. The predicted molar refractivity (Wildman–Crippen MR) is 131 cm³/mol. The molecule has 3 amide bonds. The molecule has 1 saturated heterocycles. The molecule has 3 N–H and O–H groups in total. The van der Waals surface area contributed by atoms with Gasteiger partial charge in [0.05, 0.1) is 11.3 Å². The molecule has 0 spiro atoms. The zero-order chi connectivity index (χ0) is 24.3. The normalized spacial score (nSPS) is 14.6. The van der Waals surface area contributed by atoms with Crippen molar-refractivity contribution in [2.75, 3.05) is 23.7 Å². The van der Waals surface area contributed by atoms with Crippen molar-refractivity contribution in [2.45, 2.75) is 45.1 Å². The molecule has 180 valence electrons. The van der Waals surface area contributed by atoms with E-state index in [0.717, 1.165) is 24.3 Å². The molecule has 9 heteroatoms. The van der Waals surface area contributed by atoms with Gasteiger partial charge in [0.25, 0.3) is 5.91 Å². The van der Waals surface area contributed by atoms with E-state index in [0.29, 0.717) is 30.2 Å². The first-order chi connectivity index (χ1) is 16.2. The van der Waals surface area contributed by atoms with Gasteiger partial charge in [-0.25, -0.2) is 4.79 Å². The number of urea groups is 1. The van der Waals surface area contributed by atoms with Crippen LogP contribution in [-0.4, -0.2) is 50.8 Å². The number of likely N-dealkylation sites (tertiary alicyclic amines) is 1. The van der Waals surface area contributed by atoms with Crippen molar-refractivity contribution >= 4 is 23.4 Å². The SMILES string of the molecule is Cn1nc(C(C)(C)C)cc1NC(=O)Nc1ccc(OC2CCN(C(=O)c3cc[nH]c3)CC2)cc1. The predicted octanol–water partition coefficient (Wildman–Crippen LogP) is 4.37. The lowest BCUT2D eigenvalue weighted by Crippen LogP contribution is -2.41. The van der Waals surface area contributed by atoms with Crippen LogP contribution in [0.15, 0.2) is 48.8 Å². The van der Waals surface area contributed by atoms with Crippen molar-refractivity contribution in [3.05, 3.63) is 60.0 Å². The van der Waals surface area contributed by atoms with E-state index >= 15 is 0 Å². The molecule has 1 aliphatic heterocycles. The fourth-order valence-corrected chi connectivity index (χ4v) is 3.85. The largest absolute Gasteiger partial charge is 0.490 e. The Morgan fingerprint density at radius 1 is 1.09 bits per heavy atom. The number of carbonyl (C=O) groups is 2. The summed E-state index contributed by atoms with van der Waals surface area (Å²) in [5.74, 6) is 1.42. The van der Waals surface area contributed by atoms with Crippen LogP contribution >= 0.6 is 0 Å². The maximum Gasteiger partial charge on any atom is 0.324 e. The van der Waals surface area contributed by atoms with Crippen molar-refractivity contribution in [3.8, 4) is 5.75 Å². The number of hydrogen-bond donors (Lipinski definition) is 3. The van der Waals surface area contributed by atoms with E-state index in [1.807, 2.05) is 35.2 Å². The minimum Gasteiger partial charge on any atom is -0.490 e. The molecule has 3 heterocycles. The maximum atomic E-state index is 12.5. The number of rotatable bonds is 5. The number of piperidine rings is 1. The molecular formula is C25H32N6O3. The van der Waals surface area contributed by atoms with Crippen LogP contribution in [0.2, 0.25) is 0 Å². The van der Waals surface area contributed by atoms with Crippen molar-refractivity contribution in [1.29, 1.82) is 0 Å². The molecule has 34 heavy (non-hydrogen) atoms. The summed E-state index contributed by atoms with van der Waals surface area (Å²) >= 11 is 0. The number of anilines is 2. The summed E-state index contributed by atoms with van der Waals surface area (Å²) in [4.78, 5) is 29.7. The molecule has 0 saturated carbocycles. The molecule has 4 rings (SSSR count). The van der Waals surface area contributed by atoms with E-state index in [9.17, 15) is 9.59 Å². The number of aromatic nitrogens is 3. The molecule has 0 bridgehead atoms. The van der Waals surface area contributed by atoms with Gasteiger partial charge in [0.2, 0.25) is 0 Å². The van der Waals surface area contributed by atoms with Gasteiger partial charge in [-0.1, -0.05) is 20.8 Å². The van der Waals surface area contributed by atoms with Gasteiger partial charge < -0.3 is 19.9 Å². The quantitative estimate of drug-likeness (QED) is 0.521. The number of aromatic amines is 1. The Bertz CT molecular complexity index is 1120. The van der Waals surface area contributed by atoms with Crippen LogP contribution in [0.4, 0.5) is 16.3 Å². The van der Waals surface area contributed by atoms with Crippen LogP contribution in [0.1, 0.15) is 49.7 Å². The summed E-state index contributed by atoms with van der Waals surface area (Å²) in [5, 5.41) is 10.1. The van der Waals surface area contributed by atoms with Gasteiger partial charge in [-0.2, -0.15) is 5.10 Å². The number of nitrogens with one attached hydrogen (secondary N) is 3. The second-order valence-electron chi connectivity index (χ2n) is 9.60. The zero-order valence-electron chi connectivity index (χ0n) is 20.1. The molecule has 9 nitrogen and oxygen atoms in total.